The summed E-state index contributed by atoms with van der Waals surface area (Å²) in [5.41, 5.74) is 2.59. The van der Waals surface area contributed by atoms with Gasteiger partial charge in [0.25, 0.3) is 5.91 Å². The number of ether oxygens (including phenoxy) is 1. The maximum Gasteiger partial charge on any atom is 0.251 e. The molecule has 4 rings (SSSR count). The van der Waals surface area contributed by atoms with E-state index >= 15 is 0 Å². The van der Waals surface area contributed by atoms with Crippen LogP contribution in [0.2, 0.25) is 5.02 Å². The lowest BCUT2D eigenvalue weighted by Crippen LogP contribution is -2.48. The molecule has 0 unspecified atom stereocenters. The largest absolute Gasteiger partial charge is 0.493 e. The Kier molecular flexibility index (Phi) is 7.03. The summed E-state index contributed by atoms with van der Waals surface area (Å²) in [6.07, 6.45) is 0. The van der Waals surface area contributed by atoms with Crippen molar-refractivity contribution in [3.8, 4) is 5.75 Å². The molecule has 1 aliphatic rings. The van der Waals surface area contributed by atoms with Crippen molar-refractivity contribution in [3.63, 3.8) is 0 Å². The SMILES string of the molecule is COc1c(Cl)ccc2sc(N3CCN(CCNC(=O)c4ccc(N(C)C)cc4)CC3)nc12. The number of hydrogen-bond acceptors (Lipinski definition) is 7. The highest BCUT2D eigenvalue weighted by Gasteiger charge is 2.21. The van der Waals surface area contributed by atoms with Gasteiger partial charge in [-0.25, -0.2) is 4.98 Å². The molecule has 1 N–H and O–H groups in total. The van der Waals surface area contributed by atoms with Gasteiger partial charge in [0, 0.05) is 64.6 Å². The molecule has 0 radical (unpaired) electrons. The molecule has 1 fully saturated rings. The summed E-state index contributed by atoms with van der Waals surface area (Å²) in [7, 11) is 5.59. The maximum absolute atomic E-state index is 12.4. The van der Waals surface area contributed by atoms with Crippen LogP contribution in [0.5, 0.6) is 5.75 Å². The van der Waals surface area contributed by atoms with Gasteiger partial charge in [0.15, 0.2) is 10.9 Å². The molecular weight excluding hydrogens is 446 g/mol. The second kappa shape index (κ2) is 9.94. The summed E-state index contributed by atoms with van der Waals surface area (Å²) < 4.78 is 6.51. The van der Waals surface area contributed by atoms with E-state index in [0.29, 0.717) is 22.9 Å². The van der Waals surface area contributed by atoms with Crippen LogP contribution in [0.3, 0.4) is 0 Å². The minimum absolute atomic E-state index is 0.0315. The first kappa shape index (κ1) is 22.6. The number of amides is 1. The van der Waals surface area contributed by atoms with Crippen molar-refractivity contribution < 1.29 is 9.53 Å². The number of carbonyl (C=O) groups excluding carboxylic acids is 1. The predicted octanol–water partition coefficient (Wildman–Crippen LogP) is 3.58. The van der Waals surface area contributed by atoms with Gasteiger partial charge in [-0.05, 0) is 36.4 Å². The fraction of sp³-hybridized carbons (Fsp3) is 0.391. The highest BCUT2D eigenvalue weighted by molar-refractivity contribution is 7.22. The van der Waals surface area contributed by atoms with E-state index in [4.69, 9.17) is 21.3 Å². The summed E-state index contributed by atoms with van der Waals surface area (Å²) in [4.78, 5) is 23.9. The monoisotopic (exact) mass is 473 g/mol. The minimum atomic E-state index is -0.0315. The Balaban J connectivity index is 1.26. The maximum atomic E-state index is 12.4. The molecule has 7 nitrogen and oxygen atoms in total. The van der Waals surface area contributed by atoms with Gasteiger partial charge in [-0.15, -0.1) is 0 Å². The third-order valence-corrected chi connectivity index (χ3v) is 7.04. The molecule has 0 aliphatic carbocycles. The third kappa shape index (κ3) is 4.92. The van der Waals surface area contributed by atoms with E-state index in [1.807, 2.05) is 55.4 Å². The Morgan fingerprint density at radius 1 is 1.16 bits per heavy atom. The van der Waals surface area contributed by atoms with Crippen LogP contribution in [-0.4, -0.2) is 76.3 Å². The second-order valence-corrected chi connectivity index (χ2v) is 9.37. The van der Waals surface area contributed by atoms with Gasteiger partial charge in [-0.3, -0.25) is 9.69 Å². The van der Waals surface area contributed by atoms with Crippen LogP contribution in [0.25, 0.3) is 10.2 Å². The van der Waals surface area contributed by atoms with E-state index in [2.05, 4.69) is 15.1 Å². The summed E-state index contributed by atoms with van der Waals surface area (Å²) in [6, 6.07) is 11.5. The molecule has 3 aromatic rings. The van der Waals surface area contributed by atoms with E-state index in [9.17, 15) is 4.79 Å². The number of rotatable bonds is 7. The molecule has 2 aromatic carbocycles. The summed E-state index contributed by atoms with van der Waals surface area (Å²) in [5.74, 6) is 0.605. The number of aromatic nitrogens is 1. The first-order valence-corrected chi connectivity index (χ1v) is 11.8. The lowest BCUT2D eigenvalue weighted by molar-refractivity contribution is 0.0948. The molecule has 1 aromatic heterocycles. The Morgan fingerprint density at radius 2 is 1.88 bits per heavy atom. The molecule has 9 heteroatoms. The summed E-state index contributed by atoms with van der Waals surface area (Å²) in [5, 5.41) is 4.61. The molecule has 32 heavy (non-hydrogen) atoms. The van der Waals surface area contributed by atoms with Gasteiger partial charge in [-0.2, -0.15) is 0 Å². The van der Waals surface area contributed by atoms with Gasteiger partial charge >= 0.3 is 0 Å². The quantitative estimate of drug-likeness (QED) is 0.566. The molecule has 2 heterocycles. The zero-order chi connectivity index (χ0) is 22.7. The lowest BCUT2D eigenvalue weighted by atomic mass is 10.2. The van der Waals surface area contributed by atoms with Crippen molar-refractivity contribution in [1.82, 2.24) is 15.2 Å². The molecule has 170 valence electrons. The third-order valence-electron chi connectivity index (χ3n) is 5.66. The number of nitrogens with one attached hydrogen (secondary N) is 1. The topological polar surface area (TPSA) is 60.9 Å². The number of carbonyl (C=O) groups is 1. The number of anilines is 2. The first-order valence-electron chi connectivity index (χ1n) is 10.6. The fourth-order valence-corrected chi connectivity index (χ4v) is 5.01. The average molecular weight is 474 g/mol. The molecule has 1 amide bonds. The van der Waals surface area contributed by atoms with Crippen LogP contribution in [-0.2, 0) is 0 Å². The summed E-state index contributed by atoms with van der Waals surface area (Å²) in [6.45, 7) is 5.12. The van der Waals surface area contributed by atoms with Crippen molar-refractivity contribution in [2.24, 2.45) is 0 Å². The number of thiazole rings is 1. The normalized spacial score (nSPS) is 14.6. The number of fused-ring (bicyclic) bond motifs is 1. The zero-order valence-corrected chi connectivity index (χ0v) is 20.2. The van der Waals surface area contributed by atoms with Crippen LogP contribution in [0.1, 0.15) is 10.4 Å². The number of halogens is 1. The minimum Gasteiger partial charge on any atom is -0.493 e. The molecule has 0 bridgehead atoms. The van der Waals surface area contributed by atoms with Crippen molar-refractivity contribution in [2.75, 3.05) is 70.3 Å². The van der Waals surface area contributed by atoms with Gasteiger partial charge in [0.2, 0.25) is 0 Å². The molecule has 1 aliphatic heterocycles. The number of nitrogens with zero attached hydrogens (tertiary/aromatic N) is 4. The smallest absolute Gasteiger partial charge is 0.251 e. The van der Waals surface area contributed by atoms with Crippen molar-refractivity contribution in [3.05, 3.63) is 47.0 Å². The van der Waals surface area contributed by atoms with Crippen molar-refractivity contribution in [1.29, 1.82) is 0 Å². The van der Waals surface area contributed by atoms with E-state index in [1.54, 1.807) is 18.4 Å². The van der Waals surface area contributed by atoms with E-state index in [0.717, 1.165) is 53.8 Å². The molecular formula is C23H28ClN5O2S. The Bertz CT molecular complexity index is 1080. The zero-order valence-electron chi connectivity index (χ0n) is 18.6. The highest BCUT2D eigenvalue weighted by atomic mass is 35.5. The van der Waals surface area contributed by atoms with Crippen LogP contribution in [0.15, 0.2) is 36.4 Å². The molecule has 0 saturated carbocycles. The van der Waals surface area contributed by atoms with E-state index in [1.165, 1.54) is 0 Å². The number of piperazine rings is 1. The lowest BCUT2D eigenvalue weighted by Gasteiger charge is -2.34. The number of hydrogen-bond donors (Lipinski definition) is 1. The van der Waals surface area contributed by atoms with E-state index in [-0.39, 0.29) is 5.91 Å². The number of benzene rings is 2. The van der Waals surface area contributed by atoms with Gasteiger partial charge in [0.05, 0.1) is 16.8 Å². The second-order valence-electron chi connectivity index (χ2n) is 7.95. The molecule has 1 saturated heterocycles. The van der Waals surface area contributed by atoms with Gasteiger partial charge in [0.1, 0.15) is 5.52 Å². The fourth-order valence-electron chi connectivity index (χ4n) is 3.77. The van der Waals surface area contributed by atoms with Crippen LogP contribution in [0, 0.1) is 0 Å². The molecule has 0 atom stereocenters. The van der Waals surface area contributed by atoms with Gasteiger partial charge in [-0.1, -0.05) is 22.9 Å². The van der Waals surface area contributed by atoms with Crippen LogP contribution < -0.4 is 19.9 Å². The van der Waals surface area contributed by atoms with Crippen molar-refractivity contribution in [2.45, 2.75) is 0 Å². The molecule has 0 spiro atoms. The highest BCUT2D eigenvalue weighted by Crippen LogP contribution is 2.38. The van der Waals surface area contributed by atoms with E-state index < -0.39 is 0 Å². The van der Waals surface area contributed by atoms with Gasteiger partial charge < -0.3 is 19.9 Å². The van der Waals surface area contributed by atoms with Crippen LogP contribution >= 0.6 is 22.9 Å². The van der Waals surface area contributed by atoms with Crippen LogP contribution in [0.4, 0.5) is 10.8 Å². The first-order chi connectivity index (χ1) is 15.5. The predicted molar refractivity (Wildman–Crippen MR) is 133 cm³/mol. The van der Waals surface area contributed by atoms with Crippen molar-refractivity contribution >= 4 is 49.9 Å². The Hall–Kier alpha value is -2.55. The summed E-state index contributed by atoms with van der Waals surface area (Å²) >= 11 is 7.90. The average Bonchev–Trinajstić information content (AvgIpc) is 3.24. The Labute approximate surface area is 197 Å². The standard InChI is InChI=1S/C23H28ClN5O2S/c1-27(2)17-6-4-16(5-7-17)22(30)25-10-11-28-12-14-29(15-13-28)23-26-20-19(32-23)9-8-18(24)21(20)31-3/h4-9H,10-15H2,1-3H3,(H,25,30). The number of methoxy groups -OCH3 is 1. The Morgan fingerprint density at radius 3 is 2.53 bits per heavy atom.